The van der Waals surface area contributed by atoms with E-state index in [9.17, 15) is 5.26 Å². The minimum Gasteiger partial charge on any atom is -0.493 e. The van der Waals surface area contributed by atoms with Gasteiger partial charge >= 0.3 is 0 Å². The van der Waals surface area contributed by atoms with E-state index in [-0.39, 0.29) is 0 Å². The van der Waals surface area contributed by atoms with Crippen LogP contribution in [-0.4, -0.2) is 26.3 Å². The summed E-state index contributed by atoms with van der Waals surface area (Å²) < 4.78 is 16.1. The Morgan fingerprint density at radius 2 is 1.73 bits per heavy atom. The number of allylic oxidation sites excluding steroid dienone is 1. The van der Waals surface area contributed by atoms with Crippen molar-refractivity contribution in [1.82, 2.24) is 4.98 Å². The van der Waals surface area contributed by atoms with Gasteiger partial charge in [-0.25, -0.2) is 4.98 Å². The Balaban J connectivity index is 1.88. The normalized spacial score (nSPS) is 11.0. The van der Waals surface area contributed by atoms with E-state index >= 15 is 0 Å². The zero-order valence-electron chi connectivity index (χ0n) is 17.6. The summed E-state index contributed by atoms with van der Waals surface area (Å²) in [4.78, 5) is 4.65. The Labute approximate surface area is 180 Å². The molecule has 3 aromatic rings. The molecule has 0 bridgehead atoms. The van der Waals surface area contributed by atoms with Gasteiger partial charge in [0.15, 0.2) is 11.5 Å². The van der Waals surface area contributed by atoms with Gasteiger partial charge in [-0.1, -0.05) is 12.1 Å². The van der Waals surface area contributed by atoms with Crippen LogP contribution in [0.3, 0.4) is 0 Å². The predicted molar refractivity (Wildman–Crippen MR) is 120 cm³/mol. The Morgan fingerprint density at radius 3 is 2.30 bits per heavy atom. The highest BCUT2D eigenvalue weighted by atomic mass is 32.1. The Bertz CT molecular complexity index is 1100. The van der Waals surface area contributed by atoms with Crippen molar-refractivity contribution in [3.05, 3.63) is 58.0 Å². The summed E-state index contributed by atoms with van der Waals surface area (Å²) in [7, 11) is 4.67. The van der Waals surface area contributed by atoms with Crippen LogP contribution >= 0.6 is 11.3 Å². The lowest BCUT2D eigenvalue weighted by Crippen LogP contribution is -1.98. The van der Waals surface area contributed by atoms with Crippen molar-refractivity contribution < 1.29 is 14.2 Å². The predicted octanol–water partition coefficient (Wildman–Crippen LogP) is 5.43. The molecule has 0 aliphatic carbocycles. The van der Waals surface area contributed by atoms with Gasteiger partial charge in [0.2, 0.25) is 5.75 Å². The standard InChI is InChI=1S/C23H23N3O3S/c1-14-6-7-16(8-15(14)2)19-13-30-23(26-19)17(11-24)12-25-18-9-20(27-3)22(29-5)21(10-18)28-4/h6-10,12-13,25H,1-5H3. The first kappa shape index (κ1) is 21.2. The molecular formula is C23H23N3O3S. The molecule has 6 nitrogen and oxygen atoms in total. The fourth-order valence-corrected chi connectivity index (χ4v) is 3.69. The van der Waals surface area contributed by atoms with Crippen molar-refractivity contribution in [3.63, 3.8) is 0 Å². The van der Waals surface area contributed by atoms with Crippen molar-refractivity contribution in [3.8, 4) is 34.6 Å². The van der Waals surface area contributed by atoms with Crippen LogP contribution in [0.1, 0.15) is 16.1 Å². The molecule has 2 aromatic carbocycles. The van der Waals surface area contributed by atoms with Gasteiger partial charge in [-0.15, -0.1) is 11.3 Å². The lowest BCUT2D eigenvalue weighted by molar-refractivity contribution is 0.324. The largest absolute Gasteiger partial charge is 0.493 e. The van der Waals surface area contributed by atoms with Gasteiger partial charge < -0.3 is 19.5 Å². The number of aromatic nitrogens is 1. The summed E-state index contributed by atoms with van der Waals surface area (Å²) in [6.07, 6.45) is 1.63. The van der Waals surface area contributed by atoms with Gasteiger partial charge in [0, 0.05) is 35.0 Å². The van der Waals surface area contributed by atoms with Crippen molar-refractivity contribution in [2.24, 2.45) is 0 Å². The van der Waals surface area contributed by atoms with E-state index in [0.29, 0.717) is 33.5 Å². The number of aryl methyl sites for hydroxylation is 2. The third kappa shape index (κ3) is 4.39. The average molecular weight is 422 g/mol. The van der Waals surface area contributed by atoms with E-state index in [0.717, 1.165) is 11.3 Å². The molecular weight excluding hydrogens is 398 g/mol. The molecule has 0 spiro atoms. The smallest absolute Gasteiger partial charge is 0.203 e. The van der Waals surface area contributed by atoms with Gasteiger partial charge in [-0.05, 0) is 31.0 Å². The molecule has 1 aromatic heterocycles. The molecule has 0 saturated carbocycles. The number of methoxy groups -OCH3 is 3. The second kappa shape index (κ2) is 9.33. The summed E-state index contributed by atoms with van der Waals surface area (Å²) in [5.41, 5.74) is 5.47. The van der Waals surface area contributed by atoms with Crippen molar-refractivity contribution >= 4 is 22.6 Å². The van der Waals surface area contributed by atoms with Gasteiger partial charge in [-0.2, -0.15) is 5.26 Å². The molecule has 30 heavy (non-hydrogen) atoms. The highest BCUT2D eigenvalue weighted by Gasteiger charge is 2.14. The first-order valence-electron chi connectivity index (χ1n) is 9.21. The zero-order valence-corrected chi connectivity index (χ0v) is 18.4. The molecule has 0 aliphatic heterocycles. The van der Waals surface area contributed by atoms with Crippen LogP contribution in [0.4, 0.5) is 5.69 Å². The van der Waals surface area contributed by atoms with Crippen molar-refractivity contribution in [1.29, 1.82) is 5.26 Å². The molecule has 0 unspecified atom stereocenters. The number of nitrogens with one attached hydrogen (secondary N) is 1. The highest BCUT2D eigenvalue weighted by molar-refractivity contribution is 7.11. The summed E-state index contributed by atoms with van der Waals surface area (Å²) in [5.74, 6) is 1.56. The quantitative estimate of drug-likeness (QED) is 0.513. The summed E-state index contributed by atoms with van der Waals surface area (Å²) >= 11 is 1.43. The van der Waals surface area contributed by atoms with Crippen LogP contribution in [-0.2, 0) is 0 Å². The molecule has 1 heterocycles. The highest BCUT2D eigenvalue weighted by Crippen LogP contribution is 2.40. The number of ether oxygens (including phenoxy) is 3. The first-order valence-corrected chi connectivity index (χ1v) is 10.1. The second-order valence-electron chi connectivity index (χ2n) is 6.57. The third-order valence-electron chi connectivity index (χ3n) is 4.71. The monoisotopic (exact) mass is 421 g/mol. The van der Waals surface area contributed by atoms with E-state index < -0.39 is 0 Å². The lowest BCUT2D eigenvalue weighted by atomic mass is 10.1. The molecule has 3 rings (SSSR count). The van der Waals surface area contributed by atoms with Crippen LogP contribution < -0.4 is 19.5 Å². The van der Waals surface area contributed by atoms with Gasteiger partial charge in [0.1, 0.15) is 16.6 Å². The second-order valence-corrected chi connectivity index (χ2v) is 7.42. The number of rotatable bonds is 7. The average Bonchev–Trinajstić information content (AvgIpc) is 3.25. The number of hydrogen-bond donors (Lipinski definition) is 1. The minimum absolute atomic E-state index is 0.434. The summed E-state index contributed by atoms with van der Waals surface area (Å²) in [6, 6.07) is 12.0. The number of hydrogen-bond acceptors (Lipinski definition) is 7. The van der Waals surface area contributed by atoms with Crippen LogP contribution in [0.5, 0.6) is 17.2 Å². The molecule has 0 radical (unpaired) electrons. The molecule has 154 valence electrons. The molecule has 0 aliphatic rings. The third-order valence-corrected chi connectivity index (χ3v) is 5.58. The van der Waals surface area contributed by atoms with Crippen LogP contribution in [0.15, 0.2) is 41.9 Å². The van der Waals surface area contributed by atoms with E-state index in [2.05, 4.69) is 42.4 Å². The van der Waals surface area contributed by atoms with E-state index in [4.69, 9.17) is 14.2 Å². The van der Waals surface area contributed by atoms with E-state index in [1.54, 1.807) is 39.7 Å². The fraction of sp³-hybridized carbons (Fsp3) is 0.217. The Kier molecular flexibility index (Phi) is 6.60. The van der Waals surface area contributed by atoms with Crippen molar-refractivity contribution in [2.75, 3.05) is 26.6 Å². The first-order chi connectivity index (χ1) is 14.5. The van der Waals surface area contributed by atoms with Gasteiger partial charge in [-0.3, -0.25) is 0 Å². The summed E-state index contributed by atoms with van der Waals surface area (Å²) in [5, 5.41) is 15.4. The van der Waals surface area contributed by atoms with Gasteiger partial charge in [0.05, 0.1) is 27.0 Å². The number of benzene rings is 2. The van der Waals surface area contributed by atoms with Crippen LogP contribution in [0, 0.1) is 25.2 Å². The van der Waals surface area contributed by atoms with E-state index in [1.807, 2.05) is 11.4 Å². The van der Waals surface area contributed by atoms with Crippen LogP contribution in [0.2, 0.25) is 0 Å². The van der Waals surface area contributed by atoms with E-state index in [1.165, 1.54) is 22.5 Å². The fourth-order valence-electron chi connectivity index (χ4n) is 2.89. The molecule has 7 heteroatoms. The maximum absolute atomic E-state index is 9.64. The molecule has 0 amide bonds. The maximum atomic E-state index is 9.64. The topological polar surface area (TPSA) is 76.4 Å². The minimum atomic E-state index is 0.434. The van der Waals surface area contributed by atoms with Crippen molar-refractivity contribution in [2.45, 2.75) is 13.8 Å². The van der Waals surface area contributed by atoms with Gasteiger partial charge in [0.25, 0.3) is 0 Å². The molecule has 0 saturated heterocycles. The zero-order chi connectivity index (χ0) is 21.7. The number of nitrogens with zero attached hydrogens (tertiary/aromatic N) is 2. The number of anilines is 1. The molecule has 0 fully saturated rings. The SMILES string of the molecule is COc1cc(NC=C(C#N)c2nc(-c3ccc(C)c(C)c3)cs2)cc(OC)c1OC. The number of nitriles is 1. The maximum Gasteiger partial charge on any atom is 0.203 e. The molecule has 0 atom stereocenters. The Morgan fingerprint density at radius 1 is 1.03 bits per heavy atom. The lowest BCUT2D eigenvalue weighted by Gasteiger charge is -2.14. The molecule has 1 N–H and O–H groups in total. The Hall–Kier alpha value is -3.50. The van der Waals surface area contributed by atoms with Crippen LogP contribution in [0.25, 0.3) is 16.8 Å². The summed E-state index contributed by atoms with van der Waals surface area (Å²) in [6.45, 7) is 4.16. The number of thiazole rings is 1.